The molecule has 0 aromatic heterocycles. The number of alkyl halides is 2. The molecule has 0 unspecified atom stereocenters. The highest BCUT2D eigenvalue weighted by atomic mass is 79.9. The Balaban J connectivity index is 3.38. The van der Waals surface area contributed by atoms with Crippen molar-refractivity contribution < 1.29 is 28.5 Å². The molecule has 0 saturated carbocycles. The average Bonchev–Trinajstić information content (AvgIpc) is 2.38. The molecule has 8 heteroatoms. The van der Waals surface area contributed by atoms with Gasteiger partial charge in [0.15, 0.2) is 0 Å². The maximum atomic E-state index is 11.4. The summed E-state index contributed by atoms with van der Waals surface area (Å²) in [6.07, 6.45) is 0. The zero-order valence-corrected chi connectivity index (χ0v) is 16.6. The fraction of sp³-hybridized carbons (Fsp3) is 0.857. The highest BCUT2D eigenvalue weighted by Crippen LogP contribution is 2.17. The Morgan fingerprint density at radius 2 is 0.955 bits per heavy atom. The zero-order chi connectivity index (χ0) is 17.2. The molecule has 0 aromatic rings. The molecule has 130 valence electrons. The lowest BCUT2D eigenvalue weighted by Gasteiger charge is -2.15. The minimum Gasteiger partial charge on any atom is -0.462 e. The molecule has 0 saturated heterocycles. The number of hydrogen-bond donors (Lipinski definition) is 0. The van der Waals surface area contributed by atoms with E-state index in [0.29, 0.717) is 26.4 Å². The molecule has 0 heterocycles. The molecule has 0 fully saturated rings. The largest absolute Gasteiger partial charge is 0.462 e. The standard InChI is InChI=1S/C14H24Br2O6/c1-13(2,15)11(17)21-9-7-19-5-6-20-8-10-22-12(18)14(3,4)16/h5-10H2,1-4H3. The van der Waals surface area contributed by atoms with E-state index in [1.54, 1.807) is 27.7 Å². The van der Waals surface area contributed by atoms with Crippen LogP contribution in [0, 0.1) is 0 Å². The summed E-state index contributed by atoms with van der Waals surface area (Å²) in [4.78, 5) is 22.8. The Kier molecular flexibility index (Phi) is 10.5. The van der Waals surface area contributed by atoms with Crippen molar-refractivity contribution >= 4 is 43.8 Å². The molecule has 0 aliphatic heterocycles. The monoisotopic (exact) mass is 446 g/mol. The number of esters is 2. The van der Waals surface area contributed by atoms with Gasteiger partial charge in [-0.1, -0.05) is 31.9 Å². The Morgan fingerprint density at radius 3 is 1.23 bits per heavy atom. The molecule has 22 heavy (non-hydrogen) atoms. The van der Waals surface area contributed by atoms with Crippen molar-refractivity contribution in [2.45, 2.75) is 36.3 Å². The van der Waals surface area contributed by atoms with Crippen LogP contribution in [-0.2, 0) is 28.5 Å². The van der Waals surface area contributed by atoms with Crippen LogP contribution in [0.3, 0.4) is 0 Å². The summed E-state index contributed by atoms with van der Waals surface area (Å²) in [7, 11) is 0. The van der Waals surface area contributed by atoms with Gasteiger partial charge in [-0.25, -0.2) is 0 Å². The maximum Gasteiger partial charge on any atom is 0.322 e. The summed E-state index contributed by atoms with van der Waals surface area (Å²) in [5, 5.41) is 0. The Bertz CT molecular complexity index is 312. The maximum absolute atomic E-state index is 11.4. The molecule has 0 spiro atoms. The van der Waals surface area contributed by atoms with Crippen LogP contribution < -0.4 is 0 Å². The predicted molar refractivity (Wildman–Crippen MR) is 89.6 cm³/mol. The molecular formula is C14H24Br2O6. The van der Waals surface area contributed by atoms with Crippen molar-refractivity contribution in [1.29, 1.82) is 0 Å². The first-order valence-corrected chi connectivity index (χ1v) is 8.51. The first kappa shape index (κ1) is 21.8. The van der Waals surface area contributed by atoms with E-state index in [9.17, 15) is 9.59 Å². The Morgan fingerprint density at radius 1 is 0.682 bits per heavy atom. The second kappa shape index (κ2) is 10.6. The van der Waals surface area contributed by atoms with E-state index in [-0.39, 0.29) is 25.2 Å². The fourth-order valence-corrected chi connectivity index (χ4v) is 1.28. The van der Waals surface area contributed by atoms with Crippen LogP contribution in [-0.4, -0.2) is 60.2 Å². The van der Waals surface area contributed by atoms with Crippen molar-refractivity contribution in [3.05, 3.63) is 0 Å². The molecule has 0 radical (unpaired) electrons. The fourth-order valence-electron chi connectivity index (χ4n) is 1.05. The van der Waals surface area contributed by atoms with Gasteiger partial charge >= 0.3 is 11.9 Å². The minimum atomic E-state index is -0.683. The summed E-state index contributed by atoms with van der Waals surface area (Å²) in [6, 6.07) is 0. The third-order valence-electron chi connectivity index (χ3n) is 2.26. The first-order valence-electron chi connectivity index (χ1n) is 6.93. The molecule has 0 aliphatic carbocycles. The van der Waals surface area contributed by atoms with Gasteiger partial charge < -0.3 is 18.9 Å². The lowest BCUT2D eigenvalue weighted by Crippen LogP contribution is -2.28. The van der Waals surface area contributed by atoms with Crippen LogP contribution in [0.5, 0.6) is 0 Å². The van der Waals surface area contributed by atoms with Crippen molar-refractivity contribution in [2.75, 3.05) is 39.6 Å². The van der Waals surface area contributed by atoms with Gasteiger partial charge in [-0.3, -0.25) is 9.59 Å². The molecule has 0 atom stereocenters. The number of carbonyl (C=O) groups excluding carboxylic acids is 2. The summed E-state index contributed by atoms with van der Waals surface area (Å²) in [5.74, 6) is -0.659. The van der Waals surface area contributed by atoms with Gasteiger partial charge in [0, 0.05) is 0 Å². The van der Waals surface area contributed by atoms with Crippen molar-refractivity contribution in [3.8, 4) is 0 Å². The van der Waals surface area contributed by atoms with E-state index in [1.807, 2.05) is 0 Å². The van der Waals surface area contributed by atoms with E-state index in [4.69, 9.17) is 18.9 Å². The van der Waals surface area contributed by atoms with Crippen molar-refractivity contribution in [1.82, 2.24) is 0 Å². The van der Waals surface area contributed by atoms with Crippen LogP contribution in [0.1, 0.15) is 27.7 Å². The lowest BCUT2D eigenvalue weighted by atomic mass is 10.2. The molecule has 0 rings (SSSR count). The van der Waals surface area contributed by atoms with Crippen LogP contribution in [0.15, 0.2) is 0 Å². The Labute approximate surface area is 148 Å². The van der Waals surface area contributed by atoms with Crippen LogP contribution >= 0.6 is 31.9 Å². The van der Waals surface area contributed by atoms with Crippen molar-refractivity contribution in [3.63, 3.8) is 0 Å². The number of halogens is 2. The van der Waals surface area contributed by atoms with Gasteiger partial charge in [0.2, 0.25) is 0 Å². The highest BCUT2D eigenvalue weighted by molar-refractivity contribution is 9.10. The summed E-state index contributed by atoms with van der Waals surface area (Å²) < 4.78 is 19.1. The van der Waals surface area contributed by atoms with Crippen molar-refractivity contribution in [2.24, 2.45) is 0 Å². The van der Waals surface area contributed by atoms with Gasteiger partial charge in [-0.05, 0) is 27.7 Å². The SMILES string of the molecule is CC(C)(Br)C(=O)OCCOCCOCCOC(=O)C(C)(C)Br. The van der Waals surface area contributed by atoms with Gasteiger partial charge in [0.05, 0.1) is 26.4 Å². The third kappa shape index (κ3) is 11.4. The van der Waals surface area contributed by atoms with E-state index in [2.05, 4.69) is 31.9 Å². The predicted octanol–water partition coefficient (Wildman–Crippen LogP) is 2.45. The molecule has 0 amide bonds. The second-order valence-electron chi connectivity index (χ2n) is 5.44. The Hall–Kier alpha value is -0.180. The quantitative estimate of drug-likeness (QED) is 0.275. The highest BCUT2D eigenvalue weighted by Gasteiger charge is 2.25. The van der Waals surface area contributed by atoms with E-state index in [0.717, 1.165) is 0 Å². The molecule has 0 N–H and O–H groups in total. The van der Waals surface area contributed by atoms with Gasteiger partial charge in [0.25, 0.3) is 0 Å². The zero-order valence-electron chi connectivity index (χ0n) is 13.4. The smallest absolute Gasteiger partial charge is 0.322 e. The normalized spacial score (nSPS) is 12.1. The lowest BCUT2D eigenvalue weighted by molar-refractivity contribution is -0.148. The van der Waals surface area contributed by atoms with Gasteiger partial charge in [-0.2, -0.15) is 0 Å². The summed E-state index contributed by atoms with van der Waals surface area (Å²) in [6.45, 7) is 8.65. The van der Waals surface area contributed by atoms with E-state index in [1.165, 1.54) is 0 Å². The number of carbonyl (C=O) groups is 2. The first-order chi connectivity index (χ1) is 10.0. The molecule has 6 nitrogen and oxygen atoms in total. The number of ether oxygens (including phenoxy) is 4. The molecule has 0 bridgehead atoms. The molecule has 0 aromatic carbocycles. The van der Waals surface area contributed by atoms with Crippen LogP contribution in [0.25, 0.3) is 0 Å². The number of rotatable bonds is 11. The average molecular weight is 448 g/mol. The molecular weight excluding hydrogens is 424 g/mol. The second-order valence-corrected chi connectivity index (χ2v) is 9.41. The van der Waals surface area contributed by atoms with Crippen LogP contribution in [0.4, 0.5) is 0 Å². The number of hydrogen-bond acceptors (Lipinski definition) is 6. The van der Waals surface area contributed by atoms with E-state index < -0.39 is 8.65 Å². The summed E-state index contributed by atoms with van der Waals surface area (Å²) >= 11 is 6.42. The molecule has 0 aliphatic rings. The van der Waals surface area contributed by atoms with Crippen LogP contribution in [0.2, 0.25) is 0 Å². The minimum absolute atomic E-state index is 0.200. The third-order valence-corrected chi connectivity index (χ3v) is 2.91. The van der Waals surface area contributed by atoms with Gasteiger partial charge in [-0.15, -0.1) is 0 Å². The summed E-state index contributed by atoms with van der Waals surface area (Å²) in [5.41, 5.74) is 0. The van der Waals surface area contributed by atoms with Gasteiger partial charge in [0.1, 0.15) is 21.9 Å². The van der Waals surface area contributed by atoms with E-state index >= 15 is 0 Å². The topological polar surface area (TPSA) is 71.1 Å².